The predicted octanol–water partition coefficient (Wildman–Crippen LogP) is 4.84. The van der Waals surface area contributed by atoms with Crippen LogP contribution in [0.25, 0.3) is 0 Å². The minimum absolute atomic E-state index is 0.0502. The lowest BCUT2D eigenvalue weighted by molar-refractivity contribution is -0.118. The molecule has 1 N–H and O–H groups in total. The maximum absolute atomic E-state index is 13.9. The largest absolute Gasteiger partial charge is 0.450 e. The Morgan fingerprint density at radius 2 is 1.89 bits per heavy atom. The number of anilines is 2. The Balaban J connectivity index is 1.50. The van der Waals surface area contributed by atoms with Gasteiger partial charge in [0.05, 0.1) is 11.9 Å². The molecule has 3 heterocycles. The fourth-order valence-electron chi connectivity index (χ4n) is 4.57. The summed E-state index contributed by atoms with van der Waals surface area (Å²) in [6.07, 6.45) is 4.53. The molecule has 0 aliphatic carbocycles. The van der Waals surface area contributed by atoms with Crippen LogP contribution in [0.15, 0.2) is 30.7 Å². The summed E-state index contributed by atoms with van der Waals surface area (Å²) in [6, 6.07) is 3.98. The molecule has 0 bridgehead atoms. The number of hydrogen-bond acceptors (Lipinski definition) is 7. The van der Waals surface area contributed by atoms with Crippen molar-refractivity contribution < 1.29 is 23.5 Å². The quantitative estimate of drug-likeness (QED) is 0.629. The van der Waals surface area contributed by atoms with E-state index < -0.39 is 11.4 Å². The van der Waals surface area contributed by atoms with Crippen molar-refractivity contribution in [2.24, 2.45) is 11.3 Å². The molecule has 2 saturated heterocycles. The molecule has 1 spiro atoms. The Hall–Kier alpha value is -3.43. The van der Waals surface area contributed by atoms with Crippen molar-refractivity contribution >= 4 is 23.5 Å². The summed E-state index contributed by atoms with van der Waals surface area (Å²) in [5.41, 5.74) is -0.341. The highest BCUT2D eigenvalue weighted by molar-refractivity contribution is 5.93. The van der Waals surface area contributed by atoms with Gasteiger partial charge in [-0.05, 0) is 45.7 Å². The highest BCUT2D eigenvalue weighted by atomic mass is 19.1. The molecule has 1 aromatic heterocycles. The van der Waals surface area contributed by atoms with E-state index in [9.17, 15) is 14.0 Å². The third-order valence-electron chi connectivity index (χ3n) is 6.43. The number of ether oxygens (including phenoxy) is 2. The monoisotopic (exact) mass is 499 g/mol. The summed E-state index contributed by atoms with van der Waals surface area (Å²) in [7, 11) is 0. The van der Waals surface area contributed by atoms with Gasteiger partial charge in [0.15, 0.2) is 17.3 Å². The summed E-state index contributed by atoms with van der Waals surface area (Å²) < 4.78 is 25.6. The van der Waals surface area contributed by atoms with Gasteiger partial charge in [-0.15, -0.1) is 0 Å². The molecule has 4 rings (SSSR count). The fraction of sp³-hybridized carbons (Fsp3) is 0.538. The van der Waals surface area contributed by atoms with Crippen LogP contribution in [0.4, 0.5) is 20.7 Å². The van der Waals surface area contributed by atoms with Crippen molar-refractivity contribution in [2.45, 2.75) is 53.1 Å². The van der Waals surface area contributed by atoms with E-state index in [0.717, 1.165) is 19.4 Å². The van der Waals surface area contributed by atoms with Crippen molar-refractivity contribution in [2.75, 3.05) is 36.4 Å². The molecule has 1 unspecified atom stereocenters. The van der Waals surface area contributed by atoms with Gasteiger partial charge in [-0.1, -0.05) is 13.8 Å². The first kappa shape index (κ1) is 25.7. The molecule has 2 fully saturated rings. The van der Waals surface area contributed by atoms with E-state index in [1.54, 1.807) is 24.9 Å². The number of hydrogen-bond donors (Lipinski definition) is 1. The van der Waals surface area contributed by atoms with Crippen LogP contribution in [0.2, 0.25) is 0 Å². The van der Waals surface area contributed by atoms with E-state index in [4.69, 9.17) is 9.47 Å². The summed E-state index contributed by atoms with van der Waals surface area (Å²) in [5, 5.41) is 2.72. The fourth-order valence-corrected chi connectivity index (χ4v) is 4.57. The van der Waals surface area contributed by atoms with Crippen molar-refractivity contribution in [1.29, 1.82) is 0 Å². The van der Waals surface area contributed by atoms with E-state index in [2.05, 4.69) is 20.2 Å². The van der Waals surface area contributed by atoms with Crippen LogP contribution in [0, 0.1) is 17.2 Å². The molecule has 1 aromatic carbocycles. The molecule has 1 atom stereocenters. The summed E-state index contributed by atoms with van der Waals surface area (Å²) in [5.74, 6) is 0.318. The van der Waals surface area contributed by atoms with Gasteiger partial charge in [0, 0.05) is 43.6 Å². The van der Waals surface area contributed by atoms with Crippen LogP contribution in [0.3, 0.4) is 0 Å². The van der Waals surface area contributed by atoms with Crippen LogP contribution < -0.4 is 15.0 Å². The Morgan fingerprint density at radius 1 is 1.14 bits per heavy atom. The van der Waals surface area contributed by atoms with Gasteiger partial charge < -0.3 is 24.6 Å². The first-order valence-electron chi connectivity index (χ1n) is 12.3. The van der Waals surface area contributed by atoms with E-state index in [1.165, 1.54) is 24.5 Å². The molecule has 2 aliphatic rings. The van der Waals surface area contributed by atoms with E-state index in [0.29, 0.717) is 37.0 Å². The zero-order chi connectivity index (χ0) is 26.1. The Bertz CT molecular complexity index is 1140. The number of likely N-dealkylation sites (tertiary alicyclic amines) is 1. The molecular formula is C26H34FN5O4. The zero-order valence-corrected chi connectivity index (χ0v) is 21.5. The number of aromatic nitrogens is 2. The first-order valence-corrected chi connectivity index (χ1v) is 12.3. The number of nitrogens with one attached hydrogen (secondary N) is 1. The van der Waals surface area contributed by atoms with Gasteiger partial charge >= 0.3 is 6.09 Å². The molecule has 9 nitrogen and oxygen atoms in total. The average Bonchev–Trinajstić information content (AvgIpc) is 3.41. The van der Waals surface area contributed by atoms with Gasteiger partial charge in [-0.3, -0.25) is 4.79 Å². The topological polar surface area (TPSA) is 96.9 Å². The number of carbonyl (C=O) groups excluding carboxylic acids is 2. The normalized spacial score (nSPS) is 19.8. The van der Waals surface area contributed by atoms with E-state index in [-0.39, 0.29) is 29.0 Å². The van der Waals surface area contributed by atoms with Crippen molar-refractivity contribution in [3.8, 4) is 11.5 Å². The smallest absolute Gasteiger partial charge is 0.410 e. The Kier molecular flexibility index (Phi) is 7.06. The summed E-state index contributed by atoms with van der Waals surface area (Å²) in [6.45, 7) is 11.9. The lowest BCUT2D eigenvalue weighted by Gasteiger charge is -2.27. The zero-order valence-electron chi connectivity index (χ0n) is 21.5. The second-order valence-electron chi connectivity index (χ2n) is 10.9. The highest BCUT2D eigenvalue weighted by Crippen LogP contribution is 2.43. The lowest BCUT2D eigenvalue weighted by Crippen LogP contribution is -2.37. The minimum atomic E-state index is -0.532. The van der Waals surface area contributed by atoms with Gasteiger partial charge in [-0.2, -0.15) is 0 Å². The molecule has 10 heteroatoms. The summed E-state index contributed by atoms with van der Waals surface area (Å²) in [4.78, 5) is 37.3. The second-order valence-corrected chi connectivity index (χ2v) is 10.9. The number of halogens is 1. The van der Waals surface area contributed by atoms with Crippen LogP contribution in [-0.2, 0) is 9.53 Å². The van der Waals surface area contributed by atoms with E-state index in [1.807, 2.05) is 20.8 Å². The van der Waals surface area contributed by atoms with Gasteiger partial charge in [0.1, 0.15) is 17.7 Å². The number of amides is 2. The number of carbonyl (C=O) groups is 2. The molecule has 0 saturated carbocycles. The SMILES string of the molecule is CC(C)C(=O)Nc1cc(F)ccc1Oc1cncnc1N1CCC2(CCN(C(=O)OC(C)(C)C)C2)C1. The van der Waals surface area contributed by atoms with E-state index >= 15 is 0 Å². The first-order chi connectivity index (χ1) is 16.9. The van der Waals surface area contributed by atoms with Crippen LogP contribution in [0.5, 0.6) is 11.5 Å². The van der Waals surface area contributed by atoms with Gasteiger partial charge in [0.2, 0.25) is 5.91 Å². The lowest BCUT2D eigenvalue weighted by atomic mass is 9.86. The number of rotatable bonds is 5. The molecule has 0 radical (unpaired) electrons. The minimum Gasteiger partial charge on any atom is -0.450 e. The molecular weight excluding hydrogens is 465 g/mol. The highest BCUT2D eigenvalue weighted by Gasteiger charge is 2.46. The number of nitrogens with zero attached hydrogens (tertiary/aromatic N) is 4. The predicted molar refractivity (Wildman–Crippen MR) is 134 cm³/mol. The van der Waals surface area contributed by atoms with Gasteiger partial charge in [-0.25, -0.2) is 19.2 Å². The third kappa shape index (κ3) is 5.85. The maximum atomic E-state index is 13.9. The molecule has 2 aromatic rings. The molecule has 36 heavy (non-hydrogen) atoms. The average molecular weight is 500 g/mol. The standard InChI is InChI=1S/C26H34FN5O4/c1-17(2)23(33)30-19-12-18(27)6-7-20(19)35-21-13-28-16-29-22(21)31-10-8-26(14-31)9-11-32(15-26)24(34)36-25(3,4)5/h6-7,12-13,16-17H,8-11,14-15H2,1-5H3,(H,30,33). The third-order valence-corrected chi connectivity index (χ3v) is 6.43. The van der Waals surface area contributed by atoms with Crippen molar-refractivity contribution in [1.82, 2.24) is 14.9 Å². The van der Waals surface area contributed by atoms with Crippen molar-refractivity contribution in [3.05, 3.63) is 36.5 Å². The van der Waals surface area contributed by atoms with Crippen LogP contribution in [0.1, 0.15) is 47.5 Å². The van der Waals surface area contributed by atoms with Crippen LogP contribution in [-0.4, -0.2) is 58.6 Å². The van der Waals surface area contributed by atoms with Crippen LogP contribution >= 0.6 is 0 Å². The Morgan fingerprint density at radius 3 is 2.61 bits per heavy atom. The molecule has 2 amide bonds. The second kappa shape index (κ2) is 9.91. The van der Waals surface area contributed by atoms with Gasteiger partial charge in [0.25, 0.3) is 0 Å². The van der Waals surface area contributed by atoms with Crippen molar-refractivity contribution in [3.63, 3.8) is 0 Å². The maximum Gasteiger partial charge on any atom is 0.410 e. The number of benzene rings is 1. The Labute approximate surface area is 211 Å². The molecule has 2 aliphatic heterocycles. The summed E-state index contributed by atoms with van der Waals surface area (Å²) >= 11 is 0. The molecule has 194 valence electrons.